The minimum atomic E-state index is -0.419. The molecule has 7 nitrogen and oxygen atoms in total. The van der Waals surface area contributed by atoms with Gasteiger partial charge in [0, 0.05) is 24.8 Å². The lowest BCUT2D eigenvalue weighted by Gasteiger charge is -2.13. The number of thioether (sulfide) groups is 1. The lowest BCUT2D eigenvalue weighted by atomic mass is 10.1. The van der Waals surface area contributed by atoms with Gasteiger partial charge in [0.15, 0.2) is 10.9 Å². The number of halogens is 1. The second-order valence-corrected chi connectivity index (χ2v) is 9.18. The van der Waals surface area contributed by atoms with E-state index in [1.54, 1.807) is 18.2 Å². The largest absolute Gasteiger partial charge is 0.383 e. The van der Waals surface area contributed by atoms with Crippen molar-refractivity contribution in [1.29, 1.82) is 0 Å². The van der Waals surface area contributed by atoms with Gasteiger partial charge in [-0.2, -0.15) is 0 Å². The molecule has 0 bridgehead atoms. The van der Waals surface area contributed by atoms with E-state index in [4.69, 9.17) is 4.74 Å². The molecule has 0 atom stereocenters. The molecule has 0 aliphatic heterocycles. The van der Waals surface area contributed by atoms with E-state index < -0.39 is 5.82 Å². The highest BCUT2D eigenvalue weighted by Gasteiger charge is 2.16. The lowest BCUT2D eigenvalue weighted by molar-refractivity contribution is 0.0951. The van der Waals surface area contributed by atoms with Crippen molar-refractivity contribution in [2.75, 3.05) is 26.0 Å². The summed E-state index contributed by atoms with van der Waals surface area (Å²) in [6, 6.07) is 10.1. The van der Waals surface area contributed by atoms with E-state index in [0.29, 0.717) is 46.3 Å². The minimum Gasteiger partial charge on any atom is -0.383 e. The Labute approximate surface area is 201 Å². The molecule has 3 aromatic rings. The Morgan fingerprint density at radius 3 is 2.53 bits per heavy atom. The maximum absolute atomic E-state index is 13.2. The van der Waals surface area contributed by atoms with Gasteiger partial charge in [-0.05, 0) is 54.8 Å². The fraction of sp³-hybridized carbons (Fsp3) is 0.360. The summed E-state index contributed by atoms with van der Waals surface area (Å²) in [4.78, 5) is 42.8. The van der Waals surface area contributed by atoms with E-state index in [1.165, 1.54) is 35.9 Å². The number of nitrogens with zero attached hydrogens (tertiary/aromatic N) is 2. The fourth-order valence-electron chi connectivity index (χ4n) is 3.26. The summed E-state index contributed by atoms with van der Waals surface area (Å²) in [5, 5.41) is 3.61. The van der Waals surface area contributed by atoms with E-state index >= 15 is 0 Å². The monoisotopic (exact) mass is 485 g/mol. The number of aromatic nitrogens is 2. The maximum Gasteiger partial charge on any atom is 0.262 e. The molecule has 0 spiro atoms. The number of hydrogen-bond donors (Lipinski definition) is 1. The SMILES string of the molecule is COCCn1c(SCC(=O)c2ccc(F)cc2)nc2cc(C(=O)NCCC(C)C)ccc2c1=O. The average Bonchev–Trinajstić information content (AvgIpc) is 2.82. The predicted molar refractivity (Wildman–Crippen MR) is 131 cm³/mol. The standard InChI is InChI=1S/C25H28FN3O4S/c1-16(2)10-11-27-23(31)18-6-9-20-21(14-18)28-25(29(24(20)32)12-13-33-3)34-15-22(30)17-4-7-19(26)8-5-17/h4-9,14,16H,10-13,15H2,1-3H3,(H,27,31). The molecule has 2 aromatic carbocycles. The molecule has 0 fully saturated rings. The zero-order chi connectivity index (χ0) is 24.7. The van der Waals surface area contributed by atoms with Crippen LogP contribution in [0.15, 0.2) is 52.4 Å². The summed E-state index contributed by atoms with van der Waals surface area (Å²) in [7, 11) is 1.54. The fourth-order valence-corrected chi connectivity index (χ4v) is 4.18. The van der Waals surface area contributed by atoms with Crippen LogP contribution in [-0.2, 0) is 11.3 Å². The van der Waals surface area contributed by atoms with Gasteiger partial charge in [-0.15, -0.1) is 0 Å². The van der Waals surface area contributed by atoms with Crippen molar-refractivity contribution >= 4 is 34.4 Å². The van der Waals surface area contributed by atoms with Gasteiger partial charge in [0.25, 0.3) is 11.5 Å². The van der Waals surface area contributed by atoms with E-state index in [-0.39, 0.29) is 29.5 Å². The number of nitrogens with one attached hydrogen (secondary N) is 1. The number of ether oxygens (including phenoxy) is 1. The van der Waals surface area contributed by atoms with Crippen molar-refractivity contribution in [2.45, 2.75) is 32.0 Å². The highest BCUT2D eigenvalue weighted by molar-refractivity contribution is 7.99. The van der Waals surface area contributed by atoms with E-state index in [0.717, 1.165) is 18.2 Å². The second kappa shape index (κ2) is 11.9. The van der Waals surface area contributed by atoms with Gasteiger partial charge in [0.2, 0.25) is 0 Å². The van der Waals surface area contributed by atoms with Gasteiger partial charge in [-0.25, -0.2) is 9.37 Å². The van der Waals surface area contributed by atoms with Crippen molar-refractivity contribution in [1.82, 2.24) is 14.9 Å². The highest BCUT2D eigenvalue weighted by atomic mass is 32.2. The molecule has 3 rings (SSSR count). The molecule has 1 heterocycles. The Kier molecular flexibility index (Phi) is 8.95. The van der Waals surface area contributed by atoms with Crippen LogP contribution in [0.4, 0.5) is 4.39 Å². The highest BCUT2D eigenvalue weighted by Crippen LogP contribution is 2.20. The summed E-state index contributed by atoms with van der Waals surface area (Å²) < 4.78 is 19.7. The third-order valence-corrected chi connectivity index (χ3v) is 6.18. The normalized spacial score (nSPS) is 11.2. The van der Waals surface area contributed by atoms with E-state index in [9.17, 15) is 18.8 Å². The van der Waals surface area contributed by atoms with Crippen molar-refractivity contribution in [3.8, 4) is 0 Å². The molecule has 0 saturated heterocycles. The van der Waals surface area contributed by atoms with Crippen LogP contribution in [0.5, 0.6) is 0 Å². The Bertz CT molecular complexity index is 1230. The first-order chi connectivity index (χ1) is 16.3. The van der Waals surface area contributed by atoms with Crippen molar-refractivity contribution < 1.29 is 18.7 Å². The van der Waals surface area contributed by atoms with Gasteiger partial charge in [-0.1, -0.05) is 25.6 Å². The average molecular weight is 486 g/mol. The third kappa shape index (κ3) is 6.51. The lowest BCUT2D eigenvalue weighted by Crippen LogP contribution is -2.27. The molecule has 1 aromatic heterocycles. The van der Waals surface area contributed by atoms with Gasteiger partial charge in [0.05, 0.1) is 29.8 Å². The number of hydrogen-bond acceptors (Lipinski definition) is 6. The molecule has 0 aliphatic carbocycles. The number of carbonyl (C=O) groups excluding carboxylic acids is 2. The molecular formula is C25H28FN3O4S. The van der Waals surface area contributed by atoms with Crippen LogP contribution >= 0.6 is 11.8 Å². The number of methoxy groups -OCH3 is 1. The first kappa shape index (κ1) is 25.6. The van der Waals surface area contributed by atoms with Crippen LogP contribution in [0.2, 0.25) is 0 Å². The third-order valence-electron chi connectivity index (χ3n) is 5.21. The van der Waals surface area contributed by atoms with Gasteiger partial charge < -0.3 is 10.1 Å². The number of benzene rings is 2. The molecule has 9 heteroatoms. The quantitative estimate of drug-likeness (QED) is 0.251. The van der Waals surface area contributed by atoms with Crippen molar-refractivity contribution in [3.63, 3.8) is 0 Å². The summed E-state index contributed by atoms with van der Waals surface area (Å²) in [6.45, 7) is 5.29. The molecule has 1 N–H and O–H groups in total. The molecule has 34 heavy (non-hydrogen) atoms. The number of ketones is 1. The summed E-state index contributed by atoms with van der Waals surface area (Å²) in [6.07, 6.45) is 0.866. The van der Waals surface area contributed by atoms with E-state index in [1.807, 2.05) is 0 Å². The van der Waals surface area contributed by atoms with Gasteiger partial charge in [-0.3, -0.25) is 19.0 Å². The number of Topliss-reactive ketones (excluding diaryl/α,β-unsaturated/α-hetero) is 1. The number of amides is 1. The summed E-state index contributed by atoms with van der Waals surface area (Å²) in [5.74, 6) is -0.366. The molecule has 180 valence electrons. The zero-order valence-corrected chi connectivity index (χ0v) is 20.3. The van der Waals surface area contributed by atoms with Crippen molar-refractivity contribution in [2.24, 2.45) is 5.92 Å². The maximum atomic E-state index is 13.2. The minimum absolute atomic E-state index is 0.0198. The molecular weight excluding hydrogens is 457 g/mol. The summed E-state index contributed by atoms with van der Waals surface area (Å²) >= 11 is 1.12. The van der Waals surface area contributed by atoms with E-state index in [2.05, 4.69) is 24.1 Å². The van der Waals surface area contributed by atoms with Crippen molar-refractivity contribution in [3.05, 3.63) is 69.8 Å². The van der Waals surface area contributed by atoms with Crippen LogP contribution in [0, 0.1) is 11.7 Å². The smallest absolute Gasteiger partial charge is 0.262 e. The van der Waals surface area contributed by atoms with Gasteiger partial charge in [0.1, 0.15) is 5.82 Å². The van der Waals surface area contributed by atoms with Crippen LogP contribution < -0.4 is 10.9 Å². The molecule has 0 radical (unpaired) electrons. The van der Waals surface area contributed by atoms with Crippen LogP contribution in [-0.4, -0.2) is 47.3 Å². The molecule has 1 amide bonds. The predicted octanol–water partition coefficient (Wildman–Crippen LogP) is 3.93. The first-order valence-electron chi connectivity index (χ1n) is 11.0. The summed E-state index contributed by atoms with van der Waals surface area (Å²) in [5.41, 5.74) is 0.898. The second-order valence-electron chi connectivity index (χ2n) is 8.23. The Balaban J connectivity index is 1.89. The Morgan fingerprint density at radius 2 is 1.85 bits per heavy atom. The Morgan fingerprint density at radius 1 is 1.15 bits per heavy atom. The zero-order valence-electron chi connectivity index (χ0n) is 19.5. The topological polar surface area (TPSA) is 90.3 Å². The molecule has 0 saturated carbocycles. The molecule has 0 aliphatic rings. The number of rotatable bonds is 11. The molecule has 0 unspecified atom stereocenters. The number of carbonyl (C=O) groups is 2. The van der Waals surface area contributed by atoms with Gasteiger partial charge >= 0.3 is 0 Å². The van der Waals surface area contributed by atoms with Crippen LogP contribution in [0.25, 0.3) is 10.9 Å². The Hall–Kier alpha value is -3.04. The number of fused-ring (bicyclic) bond motifs is 1. The van der Waals surface area contributed by atoms with Crippen LogP contribution in [0.1, 0.15) is 41.0 Å². The van der Waals surface area contributed by atoms with Crippen LogP contribution in [0.3, 0.4) is 0 Å². The first-order valence-corrected chi connectivity index (χ1v) is 12.0.